The Morgan fingerprint density at radius 3 is 2.62 bits per heavy atom. The van der Waals surface area contributed by atoms with E-state index in [-0.39, 0.29) is 11.9 Å². The molecule has 1 atom stereocenters. The number of nitrogen functional groups attached to an aromatic ring is 1. The van der Waals surface area contributed by atoms with Crippen LogP contribution in [0.5, 0.6) is 0 Å². The number of hydrogen-bond donors (Lipinski definition) is 2. The molecule has 5 heteroatoms. The highest BCUT2D eigenvalue weighted by Crippen LogP contribution is 2.29. The molecule has 0 bridgehead atoms. The molecular weight excluding hydrogens is 285 g/mol. The number of thioether (sulfide) groups is 1. The van der Waals surface area contributed by atoms with Crippen molar-refractivity contribution in [3.63, 3.8) is 0 Å². The topological polar surface area (TPSA) is 50.9 Å². The fraction of sp³-hybridized carbons (Fsp3) is 0.312. The number of nitrogens with one attached hydrogen (secondary N) is 1. The first-order chi connectivity index (χ1) is 10.1. The summed E-state index contributed by atoms with van der Waals surface area (Å²) >= 11 is 1.68. The highest BCUT2D eigenvalue weighted by molar-refractivity contribution is 7.99. The second kappa shape index (κ2) is 7.43. The number of pyridine rings is 1. The lowest BCUT2D eigenvalue weighted by atomic mass is 10.0. The Bertz CT molecular complexity index is 566. The van der Waals surface area contributed by atoms with Crippen molar-refractivity contribution in [1.82, 2.24) is 10.3 Å². The van der Waals surface area contributed by atoms with Gasteiger partial charge in [-0.2, -0.15) is 0 Å². The van der Waals surface area contributed by atoms with Gasteiger partial charge in [-0.1, -0.05) is 6.92 Å². The molecule has 1 aromatic carbocycles. The van der Waals surface area contributed by atoms with Gasteiger partial charge >= 0.3 is 0 Å². The molecule has 1 unspecified atom stereocenters. The van der Waals surface area contributed by atoms with E-state index in [1.165, 1.54) is 12.1 Å². The van der Waals surface area contributed by atoms with Crippen LogP contribution in [0.25, 0.3) is 0 Å². The lowest BCUT2D eigenvalue weighted by Crippen LogP contribution is -2.25. The van der Waals surface area contributed by atoms with Gasteiger partial charge in [0, 0.05) is 28.5 Å². The van der Waals surface area contributed by atoms with Gasteiger partial charge in [0.05, 0.1) is 0 Å². The third-order valence-electron chi connectivity index (χ3n) is 3.27. The van der Waals surface area contributed by atoms with E-state index in [0.29, 0.717) is 5.82 Å². The second-order valence-corrected chi connectivity index (χ2v) is 5.90. The maximum atomic E-state index is 12.9. The molecule has 0 fully saturated rings. The van der Waals surface area contributed by atoms with Gasteiger partial charge in [0.1, 0.15) is 11.6 Å². The summed E-state index contributed by atoms with van der Waals surface area (Å²) in [5.74, 6) is 1.17. The number of aryl methyl sites for hydroxylation is 1. The molecule has 2 aromatic rings. The van der Waals surface area contributed by atoms with Crippen LogP contribution >= 0.6 is 11.8 Å². The van der Waals surface area contributed by atoms with Gasteiger partial charge in [0.25, 0.3) is 0 Å². The molecule has 0 aliphatic rings. The minimum absolute atomic E-state index is 0.124. The summed E-state index contributed by atoms with van der Waals surface area (Å²) in [6.45, 7) is 4.96. The molecule has 0 saturated heterocycles. The lowest BCUT2D eigenvalue weighted by molar-refractivity contribution is 0.603. The molecule has 0 spiro atoms. The van der Waals surface area contributed by atoms with Gasteiger partial charge in [0.2, 0.25) is 0 Å². The van der Waals surface area contributed by atoms with E-state index >= 15 is 0 Å². The van der Waals surface area contributed by atoms with Crippen LogP contribution in [-0.4, -0.2) is 17.3 Å². The molecular formula is C16H20FN3S. The number of aromatic nitrogens is 1. The van der Waals surface area contributed by atoms with Crippen molar-refractivity contribution in [3.8, 4) is 0 Å². The molecule has 0 aliphatic carbocycles. The molecule has 1 heterocycles. The predicted molar refractivity (Wildman–Crippen MR) is 86.9 cm³/mol. The van der Waals surface area contributed by atoms with Crippen molar-refractivity contribution >= 4 is 17.6 Å². The highest BCUT2D eigenvalue weighted by Gasteiger charge is 2.17. The molecule has 1 aromatic heterocycles. The van der Waals surface area contributed by atoms with E-state index in [1.54, 1.807) is 30.1 Å². The summed E-state index contributed by atoms with van der Waals surface area (Å²) in [4.78, 5) is 5.23. The van der Waals surface area contributed by atoms with Crippen molar-refractivity contribution in [2.24, 2.45) is 0 Å². The van der Waals surface area contributed by atoms with Crippen LogP contribution < -0.4 is 11.1 Å². The van der Waals surface area contributed by atoms with E-state index in [9.17, 15) is 4.39 Å². The number of nitrogens with zero attached hydrogens (tertiary/aromatic N) is 1. The Morgan fingerprint density at radius 1 is 1.29 bits per heavy atom. The van der Waals surface area contributed by atoms with E-state index in [4.69, 9.17) is 5.73 Å². The first-order valence-electron chi connectivity index (χ1n) is 6.94. The molecule has 112 valence electrons. The summed E-state index contributed by atoms with van der Waals surface area (Å²) in [5, 5.41) is 3.45. The minimum atomic E-state index is -0.213. The van der Waals surface area contributed by atoms with Crippen LogP contribution in [0, 0.1) is 12.7 Å². The summed E-state index contributed by atoms with van der Waals surface area (Å²) < 4.78 is 12.9. The van der Waals surface area contributed by atoms with Gasteiger partial charge in [-0.05, 0) is 49.4 Å². The zero-order valence-corrected chi connectivity index (χ0v) is 13.1. The van der Waals surface area contributed by atoms with Crippen molar-refractivity contribution in [3.05, 3.63) is 53.5 Å². The Morgan fingerprint density at radius 2 is 2.00 bits per heavy atom. The molecule has 0 saturated carbocycles. The number of hydrogen-bond acceptors (Lipinski definition) is 4. The van der Waals surface area contributed by atoms with Crippen LogP contribution in [0.15, 0.2) is 41.4 Å². The Hall–Kier alpha value is -1.59. The number of halogens is 1. The molecule has 21 heavy (non-hydrogen) atoms. The van der Waals surface area contributed by atoms with Gasteiger partial charge in [-0.15, -0.1) is 11.8 Å². The maximum Gasteiger partial charge on any atom is 0.128 e. The van der Waals surface area contributed by atoms with Crippen LogP contribution in [0.2, 0.25) is 0 Å². The Labute approximate surface area is 129 Å². The Kier molecular flexibility index (Phi) is 5.59. The Balaban J connectivity index is 2.14. The van der Waals surface area contributed by atoms with Crippen molar-refractivity contribution < 1.29 is 4.39 Å². The molecule has 3 N–H and O–H groups in total. The maximum absolute atomic E-state index is 12.9. The van der Waals surface area contributed by atoms with Crippen LogP contribution in [0.1, 0.15) is 24.1 Å². The smallest absolute Gasteiger partial charge is 0.128 e. The third kappa shape index (κ3) is 4.19. The second-order valence-electron chi connectivity index (χ2n) is 4.80. The summed E-state index contributed by atoms with van der Waals surface area (Å²) in [6.07, 6.45) is 1.73. The number of rotatable bonds is 6. The number of anilines is 1. The quantitative estimate of drug-likeness (QED) is 0.801. The van der Waals surface area contributed by atoms with Crippen LogP contribution in [0.4, 0.5) is 10.2 Å². The minimum Gasteiger partial charge on any atom is -0.383 e. The first-order valence-corrected chi connectivity index (χ1v) is 7.93. The van der Waals surface area contributed by atoms with Crippen molar-refractivity contribution in [2.75, 3.05) is 18.0 Å². The number of nitrogens with two attached hydrogens (primary N) is 1. The van der Waals surface area contributed by atoms with Crippen molar-refractivity contribution in [2.45, 2.75) is 24.8 Å². The fourth-order valence-electron chi connectivity index (χ4n) is 2.25. The molecule has 3 nitrogen and oxygen atoms in total. The zero-order valence-electron chi connectivity index (χ0n) is 12.3. The summed E-state index contributed by atoms with van der Waals surface area (Å²) in [5.41, 5.74) is 8.21. The predicted octanol–water partition coefficient (Wildman–Crippen LogP) is 3.55. The van der Waals surface area contributed by atoms with E-state index in [2.05, 4.69) is 17.2 Å². The van der Waals surface area contributed by atoms with Gasteiger partial charge < -0.3 is 11.1 Å². The van der Waals surface area contributed by atoms with Crippen molar-refractivity contribution in [1.29, 1.82) is 0 Å². The molecule has 0 amide bonds. The van der Waals surface area contributed by atoms with E-state index in [1.807, 2.05) is 13.0 Å². The molecule has 2 rings (SSSR count). The average Bonchev–Trinajstić information content (AvgIpc) is 2.46. The van der Waals surface area contributed by atoms with Gasteiger partial charge in [-0.3, -0.25) is 0 Å². The standard InChI is InChI=1S/C16H20FN3S/c1-3-19-14(15-11(2)8-9-20-16(15)18)10-21-13-6-4-12(17)5-7-13/h4-9,14,19H,3,10H2,1-2H3,(H2,18,20). The van der Waals surface area contributed by atoms with E-state index < -0.39 is 0 Å². The zero-order chi connectivity index (χ0) is 15.2. The number of benzene rings is 1. The first kappa shape index (κ1) is 15.8. The molecule has 0 aliphatic heterocycles. The third-order valence-corrected chi connectivity index (χ3v) is 4.37. The fourth-order valence-corrected chi connectivity index (χ4v) is 3.22. The largest absolute Gasteiger partial charge is 0.383 e. The highest BCUT2D eigenvalue weighted by atomic mass is 32.2. The van der Waals surface area contributed by atoms with Gasteiger partial charge in [-0.25, -0.2) is 9.37 Å². The monoisotopic (exact) mass is 305 g/mol. The van der Waals surface area contributed by atoms with E-state index in [0.717, 1.165) is 28.3 Å². The summed E-state index contributed by atoms with van der Waals surface area (Å²) in [6, 6.07) is 8.64. The van der Waals surface area contributed by atoms with Crippen LogP contribution in [0.3, 0.4) is 0 Å². The lowest BCUT2D eigenvalue weighted by Gasteiger charge is -2.21. The normalized spacial score (nSPS) is 12.3. The molecule has 0 radical (unpaired) electrons. The van der Waals surface area contributed by atoms with Gasteiger partial charge in [0.15, 0.2) is 0 Å². The SMILES string of the molecule is CCNC(CSc1ccc(F)cc1)c1c(C)ccnc1N. The average molecular weight is 305 g/mol. The van der Waals surface area contributed by atoms with Crippen LogP contribution in [-0.2, 0) is 0 Å². The summed E-state index contributed by atoms with van der Waals surface area (Å²) in [7, 11) is 0.